The number of carbonyl (C=O) groups is 2. The molecule has 0 saturated heterocycles. The lowest BCUT2D eigenvalue weighted by molar-refractivity contribution is -0.133. The van der Waals surface area contributed by atoms with Gasteiger partial charge in [0.2, 0.25) is 0 Å². The molecule has 4 nitrogen and oxygen atoms in total. The van der Waals surface area contributed by atoms with Crippen LogP contribution in [0.25, 0.3) is 0 Å². The van der Waals surface area contributed by atoms with Crippen molar-refractivity contribution in [2.24, 2.45) is 0 Å². The van der Waals surface area contributed by atoms with E-state index in [-0.39, 0.29) is 18.8 Å². The molecule has 2 radical (unpaired) electrons. The Bertz CT molecular complexity index is 130. The zero-order valence-corrected chi connectivity index (χ0v) is 5.28. The third-order valence-corrected chi connectivity index (χ3v) is 0.770. The minimum Gasteiger partial charge on any atom is -0.481 e. The highest BCUT2D eigenvalue weighted by Crippen LogP contribution is 1.90. The second-order valence-corrected chi connectivity index (χ2v) is 1.61. The minimum absolute atomic E-state index is 0.0240. The second kappa shape index (κ2) is 4.93. The third-order valence-electron chi connectivity index (χ3n) is 0.770. The molecule has 56 valence electrons. The summed E-state index contributed by atoms with van der Waals surface area (Å²) in [4.78, 5) is 20.2. The molecule has 0 bridgehead atoms. The molecule has 0 spiro atoms. The summed E-state index contributed by atoms with van der Waals surface area (Å²) in [5, 5.41) is 16.2. The van der Waals surface area contributed by atoms with E-state index < -0.39 is 5.97 Å². The number of Topliss-reactive ketones (excluding diaryl/α,β-unsaturated/α-hetero) is 1. The molecule has 0 rings (SSSR count). The lowest BCUT2D eigenvalue weighted by atomic mass is 10.2. The Kier molecular flexibility index (Phi) is 4.49. The standard InChI is InChI=1S/C6H8O4/c7-4-3-5(8)1-2-6(9)10/h1-2,7H,3-4H2,(H,9,10). The number of ketones is 1. The van der Waals surface area contributed by atoms with Crippen LogP contribution >= 0.6 is 0 Å². The summed E-state index contributed by atoms with van der Waals surface area (Å²) in [5.41, 5.74) is 0. The van der Waals surface area contributed by atoms with Crippen LogP contribution in [-0.4, -0.2) is 28.6 Å². The van der Waals surface area contributed by atoms with E-state index in [1.54, 1.807) is 0 Å². The first kappa shape index (κ1) is 9.10. The molecule has 0 saturated carbocycles. The van der Waals surface area contributed by atoms with Crippen LogP contribution in [0.3, 0.4) is 0 Å². The van der Waals surface area contributed by atoms with Crippen molar-refractivity contribution in [3.05, 3.63) is 12.8 Å². The van der Waals surface area contributed by atoms with Crippen molar-refractivity contribution in [1.82, 2.24) is 0 Å². The molecule has 0 aromatic heterocycles. The quantitative estimate of drug-likeness (QED) is 0.542. The van der Waals surface area contributed by atoms with Gasteiger partial charge in [-0.2, -0.15) is 0 Å². The Morgan fingerprint density at radius 3 is 2.30 bits per heavy atom. The highest BCUT2D eigenvalue weighted by molar-refractivity contribution is 5.95. The van der Waals surface area contributed by atoms with Crippen LogP contribution < -0.4 is 0 Å². The lowest BCUT2D eigenvalue weighted by Crippen LogP contribution is -2.06. The average Bonchev–Trinajstić information content (AvgIpc) is 1.85. The monoisotopic (exact) mass is 144 g/mol. The van der Waals surface area contributed by atoms with Crippen LogP contribution in [0, 0.1) is 12.8 Å². The van der Waals surface area contributed by atoms with Crippen molar-refractivity contribution in [1.29, 1.82) is 0 Å². The summed E-state index contributed by atoms with van der Waals surface area (Å²) in [7, 11) is 0. The van der Waals surface area contributed by atoms with Crippen molar-refractivity contribution >= 4 is 11.8 Å². The number of aliphatic carboxylic acids is 1. The summed E-state index contributed by atoms with van der Waals surface area (Å²) in [6.45, 7) is -0.247. The number of carbonyl (C=O) groups excluding carboxylic acids is 1. The number of hydrogen-bond donors (Lipinski definition) is 2. The Morgan fingerprint density at radius 2 is 1.90 bits per heavy atom. The number of rotatable bonds is 5. The van der Waals surface area contributed by atoms with Gasteiger partial charge in [0.1, 0.15) is 5.78 Å². The Labute approximate surface area is 58.5 Å². The molecule has 0 aromatic carbocycles. The topological polar surface area (TPSA) is 74.6 Å². The zero-order chi connectivity index (χ0) is 7.98. The highest BCUT2D eigenvalue weighted by atomic mass is 16.4. The molecule has 0 aliphatic carbocycles. The van der Waals surface area contributed by atoms with Gasteiger partial charge in [0.25, 0.3) is 0 Å². The van der Waals surface area contributed by atoms with Crippen molar-refractivity contribution in [3.63, 3.8) is 0 Å². The first-order chi connectivity index (χ1) is 4.66. The number of aliphatic hydroxyl groups excluding tert-OH is 1. The van der Waals surface area contributed by atoms with Crippen LogP contribution in [0.5, 0.6) is 0 Å². The van der Waals surface area contributed by atoms with E-state index in [0.29, 0.717) is 0 Å². The molecule has 0 amide bonds. The summed E-state index contributed by atoms with van der Waals surface area (Å²) < 4.78 is 0. The molecule has 0 heterocycles. The maximum absolute atomic E-state index is 10.4. The lowest BCUT2D eigenvalue weighted by Gasteiger charge is -1.91. The van der Waals surface area contributed by atoms with E-state index >= 15 is 0 Å². The van der Waals surface area contributed by atoms with Crippen LogP contribution in [-0.2, 0) is 9.59 Å². The fraction of sp³-hybridized carbons (Fsp3) is 0.333. The van der Waals surface area contributed by atoms with E-state index in [9.17, 15) is 9.59 Å². The van der Waals surface area contributed by atoms with Gasteiger partial charge in [-0.3, -0.25) is 9.59 Å². The van der Waals surface area contributed by atoms with Crippen LogP contribution in [0.4, 0.5) is 0 Å². The molecule has 2 N–H and O–H groups in total. The SMILES string of the molecule is O=C(O)[CH][CH]C(=O)CCO. The summed E-state index contributed by atoms with van der Waals surface area (Å²) in [6.07, 6.45) is 1.65. The van der Waals surface area contributed by atoms with Crippen LogP contribution in [0.1, 0.15) is 6.42 Å². The van der Waals surface area contributed by atoms with E-state index in [1.165, 1.54) is 0 Å². The molecule has 0 aliphatic heterocycles. The van der Waals surface area contributed by atoms with E-state index in [1.807, 2.05) is 0 Å². The largest absolute Gasteiger partial charge is 0.481 e. The predicted octanol–water partition coefficient (Wildman–Crippen LogP) is -0.569. The maximum atomic E-state index is 10.4. The molecule has 0 fully saturated rings. The Morgan fingerprint density at radius 1 is 1.30 bits per heavy atom. The molecule has 10 heavy (non-hydrogen) atoms. The molecule has 0 atom stereocenters. The molecule has 0 aliphatic rings. The minimum atomic E-state index is -1.16. The van der Waals surface area contributed by atoms with Gasteiger partial charge in [0.15, 0.2) is 0 Å². The number of aliphatic hydroxyl groups is 1. The Hall–Kier alpha value is -0.900. The van der Waals surface area contributed by atoms with Gasteiger partial charge in [-0.25, -0.2) is 0 Å². The van der Waals surface area contributed by atoms with E-state index in [4.69, 9.17) is 10.2 Å². The van der Waals surface area contributed by atoms with Gasteiger partial charge in [0.05, 0.1) is 6.42 Å². The van der Waals surface area contributed by atoms with Crippen molar-refractivity contribution in [2.75, 3.05) is 6.61 Å². The summed E-state index contributed by atoms with van der Waals surface area (Å²) >= 11 is 0. The first-order valence-electron chi connectivity index (χ1n) is 2.71. The number of hydrogen-bond acceptors (Lipinski definition) is 3. The fourth-order valence-corrected chi connectivity index (χ4v) is 0.358. The maximum Gasteiger partial charge on any atom is 0.308 e. The number of carboxylic acid groups (broad SMARTS) is 1. The Balaban J connectivity index is 3.30. The average molecular weight is 144 g/mol. The van der Waals surface area contributed by atoms with Crippen molar-refractivity contribution in [3.8, 4) is 0 Å². The van der Waals surface area contributed by atoms with E-state index in [2.05, 4.69) is 0 Å². The number of carboxylic acids is 1. The van der Waals surface area contributed by atoms with Crippen molar-refractivity contribution in [2.45, 2.75) is 6.42 Å². The third kappa shape index (κ3) is 5.24. The van der Waals surface area contributed by atoms with Gasteiger partial charge in [-0.1, -0.05) is 0 Å². The first-order valence-corrected chi connectivity index (χ1v) is 2.71. The van der Waals surface area contributed by atoms with Gasteiger partial charge >= 0.3 is 5.97 Å². The van der Waals surface area contributed by atoms with Gasteiger partial charge in [-0.15, -0.1) is 0 Å². The molecule has 4 heteroatoms. The van der Waals surface area contributed by atoms with E-state index in [0.717, 1.165) is 12.8 Å². The summed E-state index contributed by atoms with van der Waals surface area (Å²) in [6, 6.07) is 0. The van der Waals surface area contributed by atoms with Gasteiger partial charge < -0.3 is 10.2 Å². The zero-order valence-electron chi connectivity index (χ0n) is 5.28. The normalized spacial score (nSPS) is 9.30. The molecule has 0 aromatic rings. The molecule has 0 unspecified atom stereocenters. The predicted molar refractivity (Wildman–Crippen MR) is 32.9 cm³/mol. The van der Waals surface area contributed by atoms with Crippen LogP contribution in [0.2, 0.25) is 0 Å². The van der Waals surface area contributed by atoms with Gasteiger partial charge in [0, 0.05) is 19.4 Å². The highest BCUT2D eigenvalue weighted by Gasteiger charge is 2.04. The van der Waals surface area contributed by atoms with Crippen LogP contribution in [0.15, 0.2) is 0 Å². The van der Waals surface area contributed by atoms with Crippen molar-refractivity contribution < 1.29 is 19.8 Å². The fourth-order valence-electron chi connectivity index (χ4n) is 0.358. The second-order valence-electron chi connectivity index (χ2n) is 1.61. The molecular formula is C6H8O4. The van der Waals surface area contributed by atoms with Gasteiger partial charge in [-0.05, 0) is 0 Å². The molecular weight excluding hydrogens is 136 g/mol. The smallest absolute Gasteiger partial charge is 0.308 e. The summed E-state index contributed by atoms with van der Waals surface area (Å²) in [5.74, 6) is -1.55.